The zero-order valence-corrected chi connectivity index (χ0v) is 46.2. The molecule has 0 spiro atoms. The summed E-state index contributed by atoms with van der Waals surface area (Å²) in [6.07, 6.45) is 2.00. The van der Waals surface area contributed by atoms with Crippen LogP contribution in [-0.2, 0) is 12.8 Å². The van der Waals surface area contributed by atoms with Gasteiger partial charge in [0.1, 0.15) is 0 Å². The van der Waals surface area contributed by atoms with Gasteiger partial charge in [-0.15, -0.1) is 0 Å². The van der Waals surface area contributed by atoms with Gasteiger partial charge in [0.05, 0.1) is 17.1 Å². The average Bonchev–Trinajstić information content (AvgIpc) is 1.48. The third-order valence-electron chi connectivity index (χ3n) is 18.0. The van der Waals surface area contributed by atoms with E-state index >= 15 is 0 Å². The summed E-state index contributed by atoms with van der Waals surface area (Å²) in [5, 5.41) is 19.4. The average molecular weight is 1070 g/mol. The molecule has 16 aromatic carbocycles. The number of benzene rings is 16. The highest BCUT2D eigenvalue weighted by Gasteiger charge is 2.26. The molecule has 0 saturated heterocycles. The molecule has 1 aliphatic rings. The van der Waals surface area contributed by atoms with Crippen LogP contribution in [-0.4, -0.2) is 0 Å². The molecule has 0 fully saturated rings. The molecule has 84 heavy (non-hydrogen) atoms. The zero-order valence-electron chi connectivity index (χ0n) is 46.2. The molecule has 0 unspecified atom stereocenters. The van der Waals surface area contributed by atoms with E-state index in [0.29, 0.717) is 0 Å². The summed E-state index contributed by atoms with van der Waals surface area (Å²) in [5.74, 6) is 0. The van der Waals surface area contributed by atoms with E-state index in [2.05, 4.69) is 313 Å². The van der Waals surface area contributed by atoms with E-state index in [1.54, 1.807) is 0 Å². The van der Waals surface area contributed by atoms with Crippen molar-refractivity contribution in [2.45, 2.75) is 12.8 Å². The number of hydrogen-bond acceptors (Lipinski definition) is 2. The lowest BCUT2D eigenvalue weighted by molar-refractivity contribution is 0.942. The largest absolute Gasteiger partial charge is 0.310 e. The van der Waals surface area contributed by atoms with E-state index in [1.165, 1.54) is 131 Å². The van der Waals surface area contributed by atoms with Gasteiger partial charge >= 0.3 is 0 Å². The second kappa shape index (κ2) is 19.4. The maximum Gasteiger partial charge on any atom is 0.0540 e. The van der Waals surface area contributed by atoms with E-state index in [9.17, 15) is 0 Å². The van der Waals surface area contributed by atoms with Crippen LogP contribution >= 0.6 is 0 Å². The summed E-state index contributed by atoms with van der Waals surface area (Å²) < 4.78 is 0. The van der Waals surface area contributed by atoms with Gasteiger partial charge in [-0.25, -0.2) is 0 Å². The second-order valence-electron chi connectivity index (χ2n) is 22.7. The van der Waals surface area contributed by atoms with E-state index in [1.807, 2.05) is 0 Å². The summed E-state index contributed by atoms with van der Waals surface area (Å²) in [4.78, 5) is 5.00. The van der Waals surface area contributed by atoms with Crippen molar-refractivity contribution >= 4 is 120 Å². The van der Waals surface area contributed by atoms with Gasteiger partial charge in [0.2, 0.25) is 0 Å². The minimum Gasteiger partial charge on any atom is -0.310 e. The molecule has 392 valence electrons. The maximum atomic E-state index is 2.52. The standard InChI is InChI=1S/C82H54N2/c1-2-22-59-50-64(41-38-53(59)16-1)83(78-31-13-23-54-17-5-10-28-71(54)78)65-42-46-74-76(51-65)81(62-39-44-69-60(48-62)36-34-57-20-3-8-26-67(57)69)75-47-43-66(52-77(75)82(74)63-40-45-70-61(49-63)37-35-58-21-4-9-27-68(58)70)84(79-32-14-24-55-18-6-11-29-72(55)79)80-33-15-25-56-19-7-12-30-73(56)80/h1-34,36,38-52H,35,37H2. The SMILES string of the molecule is c1ccc2c(c1)CCc1cc(-c3c4ccc(N(c5ccc6ccccc6c5)c5cccc6ccccc56)cc4c(-c4ccc5c(ccc6ccccc65)c4)c4ccc(N(c5cccc6ccccc56)c5cccc6ccccc56)cc34)ccc1-2. The number of rotatable bonds is 8. The molecule has 0 amide bonds. The Labute approximate surface area is 488 Å². The van der Waals surface area contributed by atoms with E-state index in [4.69, 9.17) is 0 Å². The van der Waals surface area contributed by atoms with Crippen LogP contribution in [0.2, 0.25) is 0 Å². The Morgan fingerprint density at radius 2 is 0.607 bits per heavy atom. The monoisotopic (exact) mass is 1070 g/mol. The van der Waals surface area contributed by atoms with E-state index in [0.717, 1.165) is 47.0 Å². The van der Waals surface area contributed by atoms with Crippen LogP contribution in [0.1, 0.15) is 11.1 Å². The fraction of sp³-hybridized carbons (Fsp3) is 0.0244. The summed E-state index contributed by atoms with van der Waals surface area (Å²) in [6.45, 7) is 0. The Hall–Kier alpha value is -10.8. The lowest BCUT2D eigenvalue weighted by Crippen LogP contribution is -2.11. The van der Waals surface area contributed by atoms with Crippen LogP contribution < -0.4 is 9.80 Å². The highest BCUT2D eigenvalue weighted by Crippen LogP contribution is 2.51. The fourth-order valence-electron chi connectivity index (χ4n) is 14.1. The van der Waals surface area contributed by atoms with Crippen LogP contribution in [0.25, 0.3) is 120 Å². The van der Waals surface area contributed by atoms with Crippen molar-refractivity contribution in [3.8, 4) is 33.4 Å². The normalized spacial score (nSPS) is 12.2. The minimum absolute atomic E-state index is 0.983. The van der Waals surface area contributed by atoms with Crippen molar-refractivity contribution in [1.82, 2.24) is 0 Å². The molecule has 17 rings (SSSR count). The molecule has 2 heteroatoms. The van der Waals surface area contributed by atoms with E-state index in [-0.39, 0.29) is 0 Å². The molecule has 0 heterocycles. The lowest BCUT2D eigenvalue weighted by Gasteiger charge is -2.30. The molecule has 0 saturated carbocycles. The highest BCUT2D eigenvalue weighted by atomic mass is 15.2. The topological polar surface area (TPSA) is 6.48 Å². The van der Waals surface area contributed by atoms with Gasteiger partial charge in [0, 0.05) is 33.2 Å². The molecule has 0 aromatic heterocycles. The lowest BCUT2D eigenvalue weighted by atomic mass is 9.81. The first-order valence-electron chi connectivity index (χ1n) is 29.3. The number of nitrogens with zero attached hydrogens (tertiary/aromatic N) is 2. The van der Waals surface area contributed by atoms with Crippen LogP contribution in [0.3, 0.4) is 0 Å². The van der Waals surface area contributed by atoms with Crippen molar-refractivity contribution in [2.75, 3.05) is 9.80 Å². The third kappa shape index (κ3) is 7.79. The first-order chi connectivity index (χ1) is 41.6. The van der Waals surface area contributed by atoms with Crippen molar-refractivity contribution in [1.29, 1.82) is 0 Å². The number of aryl methyl sites for hydroxylation is 2. The fourth-order valence-corrected chi connectivity index (χ4v) is 14.1. The van der Waals surface area contributed by atoms with Crippen LogP contribution in [0, 0.1) is 0 Å². The molecule has 2 nitrogen and oxygen atoms in total. The highest BCUT2D eigenvalue weighted by molar-refractivity contribution is 6.24. The Balaban J connectivity index is 1.00. The van der Waals surface area contributed by atoms with Crippen molar-refractivity contribution in [2.24, 2.45) is 0 Å². The first-order valence-corrected chi connectivity index (χ1v) is 29.3. The van der Waals surface area contributed by atoms with Crippen LogP contribution in [0.4, 0.5) is 34.1 Å². The number of anilines is 6. The summed E-state index contributed by atoms with van der Waals surface area (Å²) in [5.41, 5.74) is 17.0. The summed E-state index contributed by atoms with van der Waals surface area (Å²) in [7, 11) is 0. The molecule has 0 atom stereocenters. The predicted molar refractivity (Wildman–Crippen MR) is 360 cm³/mol. The Kier molecular flexibility index (Phi) is 11.1. The predicted octanol–water partition coefficient (Wildman–Crippen LogP) is 23.0. The van der Waals surface area contributed by atoms with Gasteiger partial charge in [0.15, 0.2) is 0 Å². The third-order valence-corrected chi connectivity index (χ3v) is 18.0. The maximum absolute atomic E-state index is 2.52. The molecular formula is C82H54N2. The van der Waals surface area contributed by atoms with Gasteiger partial charge in [-0.2, -0.15) is 0 Å². The Bertz CT molecular complexity index is 5270. The molecule has 1 aliphatic carbocycles. The number of hydrogen-bond donors (Lipinski definition) is 0. The van der Waals surface area contributed by atoms with Crippen LogP contribution in [0.5, 0.6) is 0 Å². The van der Waals surface area contributed by atoms with Gasteiger partial charge in [-0.3, -0.25) is 0 Å². The minimum atomic E-state index is 0.983. The summed E-state index contributed by atoms with van der Waals surface area (Å²) >= 11 is 0. The molecule has 0 N–H and O–H groups in total. The Morgan fingerprint density at radius 1 is 0.202 bits per heavy atom. The van der Waals surface area contributed by atoms with Gasteiger partial charge in [-0.1, -0.05) is 243 Å². The van der Waals surface area contributed by atoms with Gasteiger partial charge in [0.25, 0.3) is 0 Å². The van der Waals surface area contributed by atoms with Crippen molar-refractivity contribution in [3.63, 3.8) is 0 Å². The van der Waals surface area contributed by atoms with Crippen LogP contribution in [0.15, 0.2) is 303 Å². The first kappa shape index (κ1) is 48.0. The molecule has 0 radical (unpaired) electrons. The van der Waals surface area contributed by atoms with Crippen molar-refractivity contribution < 1.29 is 0 Å². The van der Waals surface area contributed by atoms with Crippen molar-refractivity contribution in [3.05, 3.63) is 314 Å². The van der Waals surface area contributed by atoms with E-state index < -0.39 is 0 Å². The van der Waals surface area contributed by atoms with Gasteiger partial charge < -0.3 is 9.80 Å². The zero-order chi connectivity index (χ0) is 55.2. The van der Waals surface area contributed by atoms with Gasteiger partial charge in [-0.05, 0) is 188 Å². The Morgan fingerprint density at radius 3 is 1.25 bits per heavy atom. The molecular weight excluding hydrogens is 1010 g/mol. The smallest absolute Gasteiger partial charge is 0.0540 e. The summed E-state index contributed by atoms with van der Waals surface area (Å²) in [6, 6.07) is 114. The quantitative estimate of drug-likeness (QED) is 0.111. The number of fused-ring (bicyclic) bond motifs is 12. The molecule has 16 aromatic rings. The second-order valence-corrected chi connectivity index (χ2v) is 22.7. The molecule has 0 bridgehead atoms. The molecule has 0 aliphatic heterocycles.